The maximum Gasteiger partial charge on any atom is 0.191 e. The average Bonchev–Trinajstić information content (AvgIpc) is 3.16. The fraction of sp³-hybridized carbons (Fsp3) is 0.500. The minimum absolute atomic E-state index is 0. The lowest BCUT2D eigenvalue weighted by Gasteiger charge is -2.33. The van der Waals surface area contributed by atoms with Crippen LogP contribution in [0.4, 0.5) is 0 Å². The molecule has 0 aliphatic carbocycles. The summed E-state index contributed by atoms with van der Waals surface area (Å²) in [5.41, 5.74) is 2.34. The molecule has 0 spiro atoms. The lowest BCUT2D eigenvalue weighted by Crippen LogP contribution is -2.48. The highest BCUT2D eigenvalue weighted by Crippen LogP contribution is 2.16. The van der Waals surface area contributed by atoms with E-state index < -0.39 is 0 Å². The first-order valence-corrected chi connectivity index (χ1v) is 10.3. The molecule has 8 heteroatoms. The molecular formula is C20H29BrIN5O. The Kier molecular flexibility index (Phi) is 9.73. The monoisotopic (exact) mass is 561 g/mol. The Morgan fingerprint density at radius 1 is 1.29 bits per heavy atom. The van der Waals surface area contributed by atoms with E-state index in [1.165, 1.54) is 5.56 Å². The van der Waals surface area contributed by atoms with Crippen molar-refractivity contribution in [1.82, 2.24) is 20.7 Å². The van der Waals surface area contributed by atoms with Crippen LogP contribution in [0, 0.1) is 0 Å². The van der Waals surface area contributed by atoms with Crippen molar-refractivity contribution >= 4 is 45.9 Å². The third-order valence-electron chi connectivity index (χ3n) is 4.87. The Balaban J connectivity index is 0.00000280. The molecule has 0 radical (unpaired) electrons. The molecule has 0 saturated carbocycles. The summed E-state index contributed by atoms with van der Waals surface area (Å²) in [6.07, 6.45) is 3.11. The van der Waals surface area contributed by atoms with Crippen molar-refractivity contribution in [1.29, 1.82) is 0 Å². The first kappa shape index (κ1) is 23.2. The van der Waals surface area contributed by atoms with Gasteiger partial charge in [0.05, 0.1) is 12.2 Å². The van der Waals surface area contributed by atoms with Crippen molar-refractivity contribution in [2.75, 3.05) is 20.1 Å². The topological polar surface area (TPSA) is 65.7 Å². The largest absolute Gasteiger partial charge is 0.359 e. The highest BCUT2D eigenvalue weighted by molar-refractivity contribution is 14.0. The van der Waals surface area contributed by atoms with E-state index in [0.29, 0.717) is 12.6 Å². The van der Waals surface area contributed by atoms with Crippen molar-refractivity contribution in [3.63, 3.8) is 0 Å². The molecule has 1 saturated heterocycles. The normalized spacial score (nSPS) is 15.9. The minimum atomic E-state index is 0. The number of nitrogens with one attached hydrogen (secondary N) is 2. The Bertz CT molecular complexity index is 741. The van der Waals surface area contributed by atoms with E-state index in [2.05, 4.69) is 72.8 Å². The Morgan fingerprint density at radius 2 is 2.00 bits per heavy atom. The van der Waals surface area contributed by atoms with Gasteiger partial charge in [-0.3, -0.25) is 9.89 Å². The molecule has 0 atom stereocenters. The number of halogens is 2. The standard InChI is InChI=1S/C20H28BrN5O.HI/c1-3-17-12-19(27-25-17)13-23-20(22-2)24-18-8-10-26(11-9-18)14-15-4-6-16(21)7-5-15;/h4-7,12,18H,3,8-11,13-14H2,1-2H3,(H2,22,23,24);1H. The van der Waals surface area contributed by atoms with Gasteiger partial charge in [0, 0.05) is 43.3 Å². The molecule has 0 amide bonds. The number of hydrogen-bond donors (Lipinski definition) is 2. The summed E-state index contributed by atoms with van der Waals surface area (Å²) < 4.78 is 6.44. The molecule has 2 N–H and O–H groups in total. The molecule has 6 nitrogen and oxygen atoms in total. The minimum Gasteiger partial charge on any atom is -0.359 e. The number of guanidine groups is 1. The Hall–Kier alpha value is -1.13. The van der Waals surface area contributed by atoms with Gasteiger partial charge in [-0.05, 0) is 37.0 Å². The molecule has 154 valence electrons. The van der Waals surface area contributed by atoms with E-state index in [-0.39, 0.29) is 24.0 Å². The summed E-state index contributed by atoms with van der Waals surface area (Å²) >= 11 is 3.49. The molecule has 1 aliphatic rings. The van der Waals surface area contributed by atoms with Crippen LogP contribution >= 0.6 is 39.9 Å². The van der Waals surface area contributed by atoms with Crippen LogP contribution in [0.15, 0.2) is 44.3 Å². The van der Waals surface area contributed by atoms with Crippen LogP contribution in [0.1, 0.15) is 36.8 Å². The summed E-state index contributed by atoms with van der Waals surface area (Å²) in [6, 6.07) is 11.0. The second-order valence-corrected chi connectivity index (χ2v) is 7.80. The van der Waals surface area contributed by atoms with Crippen molar-refractivity contribution < 1.29 is 4.52 Å². The second kappa shape index (κ2) is 11.8. The third-order valence-corrected chi connectivity index (χ3v) is 5.40. The number of aryl methyl sites for hydroxylation is 1. The summed E-state index contributed by atoms with van der Waals surface area (Å²) in [6.45, 7) is 5.85. The van der Waals surface area contributed by atoms with Gasteiger partial charge >= 0.3 is 0 Å². The van der Waals surface area contributed by atoms with Gasteiger partial charge in [0.2, 0.25) is 0 Å². The molecule has 1 aromatic heterocycles. The lowest BCUT2D eigenvalue weighted by molar-refractivity contribution is 0.198. The van der Waals surface area contributed by atoms with Crippen LogP contribution in [0.2, 0.25) is 0 Å². The van der Waals surface area contributed by atoms with Gasteiger partial charge in [0.1, 0.15) is 0 Å². The number of aliphatic imine (C=N–C) groups is 1. The van der Waals surface area contributed by atoms with E-state index >= 15 is 0 Å². The van der Waals surface area contributed by atoms with Crippen molar-refractivity contribution in [3.05, 3.63) is 51.8 Å². The van der Waals surface area contributed by atoms with Gasteiger partial charge in [-0.2, -0.15) is 0 Å². The average molecular weight is 562 g/mol. The number of piperidine rings is 1. The summed E-state index contributed by atoms with van der Waals surface area (Å²) in [5, 5.41) is 10.9. The van der Waals surface area contributed by atoms with E-state index in [0.717, 1.165) is 60.8 Å². The molecule has 0 unspecified atom stereocenters. The fourth-order valence-corrected chi connectivity index (χ4v) is 3.51. The molecule has 1 aliphatic heterocycles. The first-order chi connectivity index (χ1) is 13.2. The maximum atomic E-state index is 5.31. The van der Waals surface area contributed by atoms with Crippen LogP contribution in [-0.4, -0.2) is 42.2 Å². The fourth-order valence-electron chi connectivity index (χ4n) is 3.25. The molecule has 0 bridgehead atoms. The van der Waals surface area contributed by atoms with Gasteiger partial charge < -0.3 is 15.2 Å². The van der Waals surface area contributed by atoms with E-state index in [4.69, 9.17) is 4.52 Å². The number of nitrogens with zero attached hydrogens (tertiary/aromatic N) is 3. The van der Waals surface area contributed by atoms with Crippen LogP contribution < -0.4 is 10.6 Å². The first-order valence-electron chi connectivity index (χ1n) is 9.54. The second-order valence-electron chi connectivity index (χ2n) is 6.89. The third kappa shape index (κ3) is 7.04. The number of hydrogen-bond acceptors (Lipinski definition) is 4. The highest BCUT2D eigenvalue weighted by Gasteiger charge is 2.20. The van der Waals surface area contributed by atoms with E-state index in [9.17, 15) is 0 Å². The van der Waals surface area contributed by atoms with Gasteiger partial charge in [-0.15, -0.1) is 24.0 Å². The van der Waals surface area contributed by atoms with Crippen LogP contribution in [0.5, 0.6) is 0 Å². The predicted octanol–water partition coefficient (Wildman–Crippen LogP) is 3.95. The van der Waals surface area contributed by atoms with Crippen molar-refractivity contribution in [3.8, 4) is 0 Å². The smallest absolute Gasteiger partial charge is 0.191 e. The summed E-state index contributed by atoms with van der Waals surface area (Å²) in [7, 11) is 1.80. The van der Waals surface area contributed by atoms with Gasteiger partial charge in [-0.25, -0.2) is 0 Å². The van der Waals surface area contributed by atoms with Crippen LogP contribution in [-0.2, 0) is 19.5 Å². The molecule has 2 heterocycles. The van der Waals surface area contributed by atoms with Crippen molar-refractivity contribution in [2.24, 2.45) is 4.99 Å². The van der Waals surface area contributed by atoms with Gasteiger partial charge in [0.15, 0.2) is 11.7 Å². The number of aromatic nitrogens is 1. The van der Waals surface area contributed by atoms with Crippen molar-refractivity contribution in [2.45, 2.75) is 45.3 Å². The number of rotatable bonds is 6. The van der Waals surface area contributed by atoms with E-state index in [1.807, 2.05) is 6.07 Å². The molecule has 1 aromatic carbocycles. The zero-order chi connectivity index (χ0) is 19.1. The number of benzene rings is 1. The Morgan fingerprint density at radius 3 is 2.61 bits per heavy atom. The zero-order valence-corrected chi connectivity index (χ0v) is 20.4. The lowest BCUT2D eigenvalue weighted by atomic mass is 10.0. The maximum absolute atomic E-state index is 5.31. The SMILES string of the molecule is CCc1cc(CNC(=NC)NC2CCN(Cc3ccc(Br)cc3)CC2)on1.I. The predicted molar refractivity (Wildman–Crippen MR) is 127 cm³/mol. The molecular weight excluding hydrogens is 533 g/mol. The summed E-state index contributed by atoms with van der Waals surface area (Å²) in [4.78, 5) is 6.85. The quantitative estimate of drug-likeness (QED) is 0.318. The van der Waals surface area contributed by atoms with Crippen LogP contribution in [0.25, 0.3) is 0 Å². The van der Waals surface area contributed by atoms with Gasteiger partial charge in [-0.1, -0.05) is 40.1 Å². The van der Waals surface area contributed by atoms with E-state index in [1.54, 1.807) is 7.05 Å². The van der Waals surface area contributed by atoms with Gasteiger partial charge in [0.25, 0.3) is 0 Å². The zero-order valence-electron chi connectivity index (χ0n) is 16.4. The summed E-state index contributed by atoms with van der Waals surface area (Å²) in [5.74, 6) is 1.65. The number of likely N-dealkylation sites (tertiary alicyclic amines) is 1. The Labute approximate surface area is 192 Å². The molecule has 2 aromatic rings. The molecule has 28 heavy (non-hydrogen) atoms. The highest BCUT2D eigenvalue weighted by atomic mass is 127. The van der Waals surface area contributed by atoms with Crippen LogP contribution in [0.3, 0.4) is 0 Å². The molecule has 3 rings (SSSR count). The molecule has 1 fully saturated rings.